The average Bonchev–Trinajstić information content (AvgIpc) is 3.00. The van der Waals surface area contributed by atoms with Crippen LogP contribution in [0.3, 0.4) is 0 Å². The van der Waals surface area contributed by atoms with E-state index >= 15 is 0 Å². The Morgan fingerprint density at radius 2 is 1.78 bits per heavy atom. The second kappa shape index (κ2) is 6.54. The summed E-state index contributed by atoms with van der Waals surface area (Å²) >= 11 is 0. The molecule has 5 nitrogen and oxygen atoms in total. The highest BCUT2D eigenvalue weighted by atomic mass is 16.5. The van der Waals surface area contributed by atoms with Gasteiger partial charge in [-0.3, -0.25) is 0 Å². The van der Waals surface area contributed by atoms with E-state index in [0.717, 1.165) is 28.4 Å². The van der Waals surface area contributed by atoms with Crippen molar-refractivity contribution in [1.29, 1.82) is 0 Å². The number of nitrogens with two attached hydrogens (primary N) is 1. The van der Waals surface area contributed by atoms with Gasteiger partial charge in [-0.25, -0.2) is 4.68 Å². The summed E-state index contributed by atoms with van der Waals surface area (Å²) in [4.78, 5) is 0. The molecular formula is C18H19N3O2. The average molecular weight is 309 g/mol. The number of aromatic hydroxyl groups is 1. The number of aromatic nitrogens is 2. The van der Waals surface area contributed by atoms with Crippen LogP contribution in [-0.2, 0) is 13.0 Å². The van der Waals surface area contributed by atoms with Crippen LogP contribution in [-0.4, -0.2) is 22.0 Å². The van der Waals surface area contributed by atoms with E-state index in [1.165, 1.54) is 0 Å². The molecule has 0 bridgehead atoms. The molecule has 0 aliphatic heterocycles. The fourth-order valence-corrected chi connectivity index (χ4v) is 2.47. The van der Waals surface area contributed by atoms with Crippen LogP contribution in [0.4, 0.5) is 0 Å². The zero-order chi connectivity index (χ0) is 16.2. The molecule has 0 radical (unpaired) electrons. The van der Waals surface area contributed by atoms with Crippen molar-refractivity contribution in [3.05, 3.63) is 71.5 Å². The number of benzene rings is 2. The monoisotopic (exact) mass is 309 g/mol. The molecular weight excluding hydrogens is 290 g/mol. The van der Waals surface area contributed by atoms with E-state index in [9.17, 15) is 5.11 Å². The minimum Gasteiger partial charge on any atom is -0.508 e. The van der Waals surface area contributed by atoms with Gasteiger partial charge in [0.05, 0.1) is 18.5 Å². The Hall–Kier alpha value is -2.79. The third-order valence-electron chi connectivity index (χ3n) is 3.68. The quantitative estimate of drug-likeness (QED) is 0.760. The lowest BCUT2D eigenvalue weighted by molar-refractivity contribution is 0.414. The van der Waals surface area contributed by atoms with E-state index in [-0.39, 0.29) is 5.75 Å². The van der Waals surface area contributed by atoms with Crippen LogP contribution in [0.15, 0.2) is 54.6 Å². The first-order chi connectivity index (χ1) is 11.2. The van der Waals surface area contributed by atoms with Crippen molar-refractivity contribution in [3.63, 3.8) is 0 Å². The predicted molar refractivity (Wildman–Crippen MR) is 88.9 cm³/mol. The summed E-state index contributed by atoms with van der Waals surface area (Å²) < 4.78 is 7.09. The van der Waals surface area contributed by atoms with Gasteiger partial charge in [0.25, 0.3) is 0 Å². The van der Waals surface area contributed by atoms with Gasteiger partial charge in [0, 0.05) is 18.7 Å². The molecule has 3 aromatic rings. The maximum atomic E-state index is 9.40. The number of ether oxygens (including phenoxy) is 1. The summed E-state index contributed by atoms with van der Waals surface area (Å²) in [5.74, 6) is 1.07. The zero-order valence-corrected chi connectivity index (χ0v) is 12.9. The summed E-state index contributed by atoms with van der Waals surface area (Å²) in [5.41, 5.74) is 9.68. The van der Waals surface area contributed by atoms with Crippen LogP contribution < -0.4 is 10.5 Å². The van der Waals surface area contributed by atoms with E-state index in [4.69, 9.17) is 10.5 Å². The lowest BCUT2D eigenvalue weighted by Crippen LogP contribution is -2.04. The Bertz CT molecular complexity index is 777. The first-order valence-electron chi connectivity index (χ1n) is 7.40. The second-order valence-corrected chi connectivity index (χ2v) is 5.28. The summed E-state index contributed by atoms with van der Waals surface area (Å²) in [6, 6.07) is 16.9. The Morgan fingerprint density at radius 3 is 2.39 bits per heavy atom. The third kappa shape index (κ3) is 3.35. The van der Waals surface area contributed by atoms with Crippen LogP contribution in [0, 0.1) is 0 Å². The van der Waals surface area contributed by atoms with Gasteiger partial charge in [0.1, 0.15) is 11.5 Å². The van der Waals surface area contributed by atoms with Crippen molar-refractivity contribution in [2.24, 2.45) is 5.73 Å². The number of hydrogen-bond acceptors (Lipinski definition) is 4. The molecule has 2 aromatic carbocycles. The van der Waals surface area contributed by atoms with Crippen LogP contribution in [0.25, 0.3) is 5.69 Å². The molecule has 0 fully saturated rings. The largest absolute Gasteiger partial charge is 0.508 e. The van der Waals surface area contributed by atoms with E-state index in [0.29, 0.717) is 13.0 Å². The highest BCUT2D eigenvalue weighted by molar-refractivity contribution is 5.40. The first kappa shape index (κ1) is 15.1. The Morgan fingerprint density at radius 1 is 1.09 bits per heavy atom. The maximum absolute atomic E-state index is 9.40. The Balaban J connectivity index is 1.95. The minimum atomic E-state index is 0.264. The number of nitrogens with zero attached hydrogens (tertiary/aromatic N) is 2. The maximum Gasteiger partial charge on any atom is 0.119 e. The van der Waals surface area contributed by atoms with Gasteiger partial charge < -0.3 is 15.6 Å². The van der Waals surface area contributed by atoms with Gasteiger partial charge >= 0.3 is 0 Å². The summed E-state index contributed by atoms with van der Waals surface area (Å²) in [7, 11) is 1.64. The molecule has 1 aromatic heterocycles. The summed E-state index contributed by atoms with van der Waals surface area (Å²) in [6.45, 7) is 0.395. The SMILES string of the molecule is COc1ccc(-n2nc(CN)cc2Cc2ccc(O)cc2)cc1. The number of phenols is 1. The fraction of sp³-hybridized carbons (Fsp3) is 0.167. The number of hydrogen-bond donors (Lipinski definition) is 2. The number of phenolic OH excluding ortho intramolecular Hbond substituents is 1. The van der Waals surface area contributed by atoms with Crippen molar-refractivity contribution in [1.82, 2.24) is 9.78 Å². The molecule has 3 N–H and O–H groups in total. The fourth-order valence-electron chi connectivity index (χ4n) is 2.47. The Labute approximate surface area is 134 Å². The predicted octanol–water partition coefficient (Wildman–Crippen LogP) is 2.64. The van der Waals surface area contributed by atoms with E-state index in [1.807, 2.05) is 47.1 Å². The van der Waals surface area contributed by atoms with E-state index in [2.05, 4.69) is 5.10 Å². The zero-order valence-electron chi connectivity index (χ0n) is 12.9. The number of rotatable bonds is 5. The van der Waals surface area contributed by atoms with Crippen LogP contribution >= 0.6 is 0 Å². The number of methoxy groups -OCH3 is 1. The molecule has 5 heteroatoms. The molecule has 0 aliphatic rings. The van der Waals surface area contributed by atoms with Crippen molar-refractivity contribution in [2.45, 2.75) is 13.0 Å². The standard InChI is InChI=1S/C18H19N3O2/c1-23-18-8-4-15(5-9-18)21-16(11-14(12-19)20-21)10-13-2-6-17(22)7-3-13/h2-9,11,22H,10,12,19H2,1H3. The van der Waals surface area contributed by atoms with Gasteiger partial charge in [0.15, 0.2) is 0 Å². The van der Waals surface area contributed by atoms with Crippen molar-refractivity contribution in [3.8, 4) is 17.2 Å². The van der Waals surface area contributed by atoms with Crippen LogP contribution in [0.5, 0.6) is 11.5 Å². The lowest BCUT2D eigenvalue weighted by Gasteiger charge is -2.08. The molecule has 0 unspecified atom stereocenters. The Kier molecular flexibility index (Phi) is 4.30. The van der Waals surface area contributed by atoms with E-state index < -0.39 is 0 Å². The molecule has 0 atom stereocenters. The molecule has 3 rings (SSSR count). The van der Waals surface area contributed by atoms with Crippen LogP contribution in [0.1, 0.15) is 17.0 Å². The molecule has 23 heavy (non-hydrogen) atoms. The highest BCUT2D eigenvalue weighted by Crippen LogP contribution is 2.20. The van der Waals surface area contributed by atoms with Crippen molar-refractivity contribution < 1.29 is 9.84 Å². The summed E-state index contributed by atoms with van der Waals surface area (Å²) in [5, 5.41) is 14.0. The topological polar surface area (TPSA) is 73.3 Å². The molecule has 0 spiro atoms. The lowest BCUT2D eigenvalue weighted by atomic mass is 10.1. The molecule has 0 aliphatic carbocycles. The molecule has 0 saturated carbocycles. The second-order valence-electron chi connectivity index (χ2n) is 5.28. The van der Waals surface area contributed by atoms with Gasteiger partial charge in [-0.2, -0.15) is 5.10 Å². The van der Waals surface area contributed by atoms with Crippen LogP contribution in [0.2, 0.25) is 0 Å². The summed E-state index contributed by atoms with van der Waals surface area (Å²) in [6.07, 6.45) is 0.708. The minimum absolute atomic E-state index is 0.264. The van der Waals surface area contributed by atoms with Gasteiger partial charge in [0.2, 0.25) is 0 Å². The molecule has 0 amide bonds. The third-order valence-corrected chi connectivity index (χ3v) is 3.68. The molecule has 0 saturated heterocycles. The van der Waals surface area contributed by atoms with Gasteiger partial charge in [-0.1, -0.05) is 12.1 Å². The first-order valence-corrected chi connectivity index (χ1v) is 7.40. The van der Waals surface area contributed by atoms with E-state index in [1.54, 1.807) is 19.2 Å². The normalized spacial score (nSPS) is 10.7. The molecule has 1 heterocycles. The van der Waals surface area contributed by atoms with Gasteiger partial charge in [-0.05, 0) is 48.0 Å². The highest BCUT2D eigenvalue weighted by Gasteiger charge is 2.10. The van der Waals surface area contributed by atoms with Gasteiger partial charge in [-0.15, -0.1) is 0 Å². The van der Waals surface area contributed by atoms with Crippen molar-refractivity contribution >= 4 is 0 Å². The molecule has 118 valence electrons. The smallest absolute Gasteiger partial charge is 0.119 e. The van der Waals surface area contributed by atoms with Crippen molar-refractivity contribution in [2.75, 3.05) is 7.11 Å².